The highest BCUT2D eigenvalue weighted by atomic mass is 35.5. The largest absolute Gasteiger partial charge is 0.508 e. The molecule has 4 aromatic rings. The normalized spacial score (nSPS) is 21.1. The third kappa shape index (κ3) is 19.5. The van der Waals surface area contributed by atoms with Gasteiger partial charge in [0.1, 0.15) is 53.8 Å². The summed E-state index contributed by atoms with van der Waals surface area (Å²) in [4.78, 5) is 128. The fourth-order valence-corrected chi connectivity index (χ4v) is 10.9. The van der Waals surface area contributed by atoms with E-state index in [1.165, 1.54) is 69.4 Å². The maximum atomic E-state index is 15.0. The number of ketones is 1. The van der Waals surface area contributed by atoms with E-state index in [1.807, 2.05) is 0 Å². The number of Topliss-reactive ketones (excluding diaryl/α,β-unsaturated/α-hetero) is 1. The van der Waals surface area contributed by atoms with Crippen LogP contribution in [0.5, 0.6) is 11.5 Å². The number of rotatable bonds is 19. The molecule has 15 N–H and O–H groups in total. The summed E-state index contributed by atoms with van der Waals surface area (Å²) in [6, 6.07) is 12.9. The van der Waals surface area contributed by atoms with Crippen LogP contribution in [-0.2, 0) is 64.0 Å². The number of hydrogen-bond acceptors (Lipinski definition) is 16. The van der Waals surface area contributed by atoms with Gasteiger partial charge in [-0.25, -0.2) is 0 Å². The van der Waals surface area contributed by atoms with Crippen LogP contribution in [0.1, 0.15) is 65.7 Å². The average molecular weight is 1160 g/mol. The van der Waals surface area contributed by atoms with Gasteiger partial charge in [0, 0.05) is 48.4 Å². The van der Waals surface area contributed by atoms with Crippen molar-refractivity contribution in [1.82, 2.24) is 36.8 Å². The Morgan fingerprint density at radius 3 is 1.82 bits per heavy atom. The lowest BCUT2D eigenvalue weighted by Crippen LogP contribution is -2.62. The maximum absolute atomic E-state index is 15.0. The Kier molecular flexibility index (Phi) is 24.6. The number of unbranched alkanes of at least 4 members (excludes halogenated alkanes) is 1. The number of benzene rings is 4. The number of carbonyl (C=O) groups excluding carboxylic acids is 9. The summed E-state index contributed by atoms with van der Waals surface area (Å²) in [6.45, 7) is 2.83. The molecular formula is C55H69ClN10O12S2. The van der Waals surface area contributed by atoms with E-state index in [9.17, 15) is 53.7 Å². The molecule has 80 heavy (non-hydrogen) atoms. The molecule has 25 heteroatoms. The highest BCUT2D eigenvalue weighted by molar-refractivity contribution is 8.76. The van der Waals surface area contributed by atoms with Crippen molar-refractivity contribution in [3.05, 3.63) is 130 Å². The zero-order chi connectivity index (χ0) is 58.6. The lowest BCUT2D eigenvalue weighted by atomic mass is 9.99. The summed E-state index contributed by atoms with van der Waals surface area (Å²) >= 11 is 6.08. The van der Waals surface area contributed by atoms with Crippen LogP contribution in [0.4, 0.5) is 0 Å². The molecule has 0 aliphatic carbocycles. The number of primary amides is 1. The number of phenolic OH excluding ortho intramolecular Hbond substituents is 2. The van der Waals surface area contributed by atoms with E-state index < -0.39 is 102 Å². The molecule has 4 aromatic carbocycles. The molecule has 0 bridgehead atoms. The van der Waals surface area contributed by atoms with Crippen molar-refractivity contribution in [3.8, 4) is 11.5 Å². The lowest BCUT2D eigenvalue weighted by molar-refractivity contribution is -0.143. The topological polar surface area (TPSA) is 368 Å². The Balaban J connectivity index is 1.60. The molecule has 1 fully saturated rings. The second-order valence-corrected chi connectivity index (χ2v) is 22.4. The number of aromatic hydroxyl groups is 2. The van der Waals surface area contributed by atoms with E-state index in [2.05, 4.69) is 31.9 Å². The second kappa shape index (κ2) is 31.0. The van der Waals surface area contributed by atoms with Gasteiger partial charge in [-0.2, -0.15) is 0 Å². The second-order valence-electron chi connectivity index (χ2n) is 19.4. The molecule has 0 saturated carbocycles. The molecule has 9 atom stereocenters. The van der Waals surface area contributed by atoms with Crippen LogP contribution in [0.25, 0.3) is 0 Å². The first-order valence-corrected chi connectivity index (χ1v) is 28.6. The third-order valence-electron chi connectivity index (χ3n) is 13.1. The van der Waals surface area contributed by atoms with Crippen molar-refractivity contribution in [2.75, 3.05) is 25.1 Å². The van der Waals surface area contributed by atoms with Gasteiger partial charge in [-0.1, -0.05) is 93.9 Å². The fraction of sp³-hybridized carbons (Fsp3) is 0.400. The van der Waals surface area contributed by atoms with Crippen LogP contribution in [-0.4, -0.2) is 153 Å². The molecule has 0 radical (unpaired) electrons. The van der Waals surface area contributed by atoms with Crippen LogP contribution in [0, 0.1) is 0 Å². The third-order valence-corrected chi connectivity index (χ3v) is 15.8. The standard InChI is InChI=1S/C55H69ClN10O12S2/c1-30(67)36-15-7-33(8-16-36)27-43-55(78)66(3)46(6-4-5-23-57)53(76)65-47(31(2)68)54(77)64-45(51(74)60-41(48(59)71)25-34-11-19-38(69)20-12-34)29-80-79-28-44(63-49(72)40(58)24-32-9-17-37(56)18-10-32)52(75)61-42(50(73)62-43)26-35-13-21-39(70)22-14-35/h7-22,31,40-47,68-70H,4-6,23-29,57-58H2,1-3H3,(H2,59,71)(H,60,74)(H,61,75)(H,62,73)(H,63,72)(H,64,77)(H,65,76)/t31-,40+,41-,42+,43-,44-,45+,46+,47+/m1/s1. The van der Waals surface area contributed by atoms with Gasteiger partial charge in [-0.3, -0.25) is 43.2 Å². The van der Waals surface area contributed by atoms with Gasteiger partial charge in [-0.15, -0.1) is 0 Å². The molecule has 0 spiro atoms. The van der Waals surface area contributed by atoms with Gasteiger partial charge in [0.05, 0.1) is 12.1 Å². The number of carbonyl (C=O) groups is 9. The number of hydrogen-bond donors (Lipinski definition) is 12. The van der Waals surface area contributed by atoms with Crippen molar-refractivity contribution in [3.63, 3.8) is 0 Å². The Morgan fingerprint density at radius 1 is 0.713 bits per heavy atom. The smallest absolute Gasteiger partial charge is 0.245 e. The number of nitrogens with zero attached hydrogens (tertiary/aromatic N) is 1. The number of halogens is 1. The number of phenols is 2. The predicted octanol–water partition coefficient (Wildman–Crippen LogP) is 0.678. The van der Waals surface area contributed by atoms with E-state index in [0.29, 0.717) is 45.7 Å². The van der Waals surface area contributed by atoms with Gasteiger partial charge in [0.2, 0.25) is 47.3 Å². The summed E-state index contributed by atoms with van der Waals surface area (Å²) in [7, 11) is 3.24. The van der Waals surface area contributed by atoms with Crippen LogP contribution >= 0.6 is 33.2 Å². The molecule has 1 heterocycles. The molecule has 8 amide bonds. The summed E-state index contributed by atoms with van der Waals surface area (Å²) in [5.41, 5.74) is 20.5. The summed E-state index contributed by atoms with van der Waals surface area (Å²) in [5.74, 6) is -8.01. The Bertz CT molecular complexity index is 2800. The number of nitrogens with one attached hydrogen (secondary N) is 6. The lowest BCUT2D eigenvalue weighted by Gasteiger charge is -2.33. The van der Waals surface area contributed by atoms with Crippen LogP contribution in [0.15, 0.2) is 97.1 Å². The highest BCUT2D eigenvalue weighted by Gasteiger charge is 2.38. The monoisotopic (exact) mass is 1160 g/mol. The van der Waals surface area contributed by atoms with E-state index in [0.717, 1.165) is 26.5 Å². The van der Waals surface area contributed by atoms with Gasteiger partial charge in [-0.05, 0) is 105 Å². The van der Waals surface area contributed by atoms with Gasteiger partial charge in [0.25, 0.3) is 0 Å². The molecule has 1 saturated heterocycles. The molecule has 0 unspecified atom stereocenters. The minimum atomic E-state index is -1.75. The Labute approximate surface area is 476 Å². The van der Waals surface area contributed by atoms with Gasteiger partial charge >= 0.3 is 0 Å². The molecule has 430 valence electrons. The van der Waals surface area contributed by atoms with Crippen LogP contribution in [0.2, 0.25) is 5.02 Å². The van der Waals surface area contributed by atoms with E-state index in [1.54, 1.807) is 48.5 Å². The quantitative estimate of drug-likeness (QED) is 0.0349. The number of aliphatic hydroxyl groups excluding tert-OH is 1. The maximum Gasteiger partial charge on any atom is 0.245 e. The molecule has 1 aliphatic rings. The predicted molar refractivity (Wildman–Crippen MR) is 304 cm³/mol. The summed E-state index contributed by atoms with van der Waals surface area (Å²) in [6.07, 6.45) is -1.41. The molecule has 0 aromatic heterocycles. The molecular weight excluding hydrogens is 1090 g/mol. The summed E-state index contributed by atoms with van der Waals surface area (Å²) < 4.78 is 0. The molecule has 1 aliphatic heterocycles. The summed E-state index contributed by atoms with van der Waals surface area (Å²) in [5, 5.41) is 47.4. The number of nitrogens with two attached hydrogens (primary N) is 3. The number of amides is 8. The zero-order valence-corrected chi connectivity index (χ0v) is 46.8. The zero-order valence-electron chi connectivity index (χ0n) is 44.4. The van der Waals surface area contributed by atoms with Gasteiger partial charge in [0.15, 0.2) is 5.78 Å². The van der Waals surface area contributed by atoms with E-state index in [4.69, 9.17) is 28.8 Å². The number of aliphatic hydroxyl groups is 1. The first-order chi connectivity index (χ1) is 38.0. The van der Waals surface area contributed by atoms with Crippen molar-refractivity contribution >= 4 is 86.2 Å². The molecule has 22 nitrogen and oxygen atoms in total. The SMILES string of the molecule is CC(=O)c1ccc(C[C@H]2NC(=O)[C@H](Cc3ccc(O)cc3)NC(=O)[C@H](NC(=O)[C@@H](N)Cc3ccc(Cl)cc3)CSSC[C@@H](C(=O)N[C@H](Cc3ccc(O)cc3)C(N)=O)NC(=O)[C@H]([C@@H](C)O)NC(=O)[C@H](CCCCN)N(C)C2=O)cc1. The van der Waals surface area contributed by atoms with Crippen molar-refractivity contribution in [2.24, 2.45) is 17.2 Å². The van der Waals surface area contributed by atoms with Gasteiger partial charge < -0.3 is 69.3 Å². The van der Waals surface area contributed by atoms with Crippen molar-refractivity contribution in [1.29, 1.82) is 0 Å². The fourth-order valence-electron chi connectivity index (χ4n) is 8.44. The van der Waals surface area contributed by atoms with Crippen molar-refractivity contribution < 1.29 is 58.5 Å². The van der Waals surface area contributed by atoms with Crippen molar-refractivity contribution in [2.45, 2.75) is 113 Å². The average Bonchev–Trinajstić information content (AvgIpc) is 3.42. The first kappa shape index (κ1) is 63.6. The minimum Gasteiger partial charge on any atom is -0.508 e. The Hall–Kier alpha value is -7.22. The Morgan fingerprint density at radius 2 is 1.25 bits per heavy atom. The van der Waals surface area contributed by atoms with E-state index >= 15 is 4.79 Å². The minimum absolute atomic E-state index is 0.0160. The first-order valence-electron chi connectivity index (χ1n) is 25.7. The number of likely N-dealkylation sites (N-methyl/N-ethyl adjacent to an activating group) is 1. The molecule has 5 rings (SSSR count). The van der Waals surface area contributed by atoms with E-state index in [-0.39, 0.29) is 67.4 Å². The van der Waals surface area contributed by atoms with Crippen LogP contribution < -0.4 is 49.1 Å². The highest BCUT2D eigenvalue weighted by Crippen LogP contribution is 2.25. The van der Waals surface area contributed by atoms with Crippen LogP contribution in [0.3, 0.4) is 0 Å².